The molecule has 3 heterocycles. The van der Waals surface area contributed by atoms with E-state index in [1.54, 1.807) is 24.7 Å². The normalized spacial score (nSPS) is 15.4. The Kier molecular flexibility index (Phi) is 2.75. The second-order valence-corrected chi connectivity index (χ2v) is 4.22. The molecule has 19 heavy (non-hydrogen) atoms. The molecule has 2 aromatic rings. The van der Waals surface area contributed by atoms with Crippen LogP contribution in [0, 0.1) is 0 Å². The van der Waals surface area contributed by atoms with Crippen LogP contribution in [-0.2, 0) is 13.1 Å². The molecule has 98 valence electrons. The van der Waals surface area contributed by atoms with Gasteiger partial charge in [-0.3, -0.25) is 0 Å². The number of amidine groups is 1. The van der Waals surface area contributed by atoms with Gasteiger partial charge in [-0.15, -0.1) is 10.2 Å². The van der Waals surface area contributed by atoms with Crippen LogP contribution in [0.3, 0.4) is 0 Å². The van der Waals surface area contributed by atoms with Gasteiger partial charge >= 0.3 is 0 Å². The molecule has 0 saturated carbocycles. The molecule has 0 saturated heterocycles. The largest absolute Gasteiger partial charge is 0.409 e. The summed E-state index contributed by atoms with van der Waals surface area (Å²) in [5.74, 6) is 1.62. The third-order valence-electron chi connectivity index (χ3n) is 3.11. The highest BCUT2D eigenvalue weighted by molar-refractivity contribution is 6.01. The molecule has 1 aliphatic rings. The fourth-order valence-electron chi connectivity index (χ4n) is 2.15. The summed E-state index contributed by atoms with van der Waals surface area (Å²) in [5.41, 5.74) is 6.29. The molecular weight excluding hydrogens is 246 g/mol. The fourth-order valence-corrected chi connectivity index (χ4v) is 2.15. The first kappa shape index (κ1) is 11.5. The Labute approximate surface area is 109 Å². The van der Waals surface area contributed by atoms with Crippen molar-refractivity contribution in [1.29, 1.82) is 0 Å². The molecule has 8 nitrogen and oxygen atoms in total. The molecule has 0 bridgehead atoms. The van der Waals surface area contributed by atoms with Crippen molar-refractivity contribution in [2.75, 3.05) is 11.4 Å². The Bertz CT molecular complexity index is 621. The average Bonchev–Trinajstić information content (AvgIpc) is 2.93. The molecule has 0 unspecified atom stereocenters. The van der Waals surface area contributed by atoms with E-state index < -0.39 is 0 Å². The molecule has 0 aliphatic carbocycles. The first-order valence-corrected chi connectivity index (χ1v) is 5.84. The molecule has 0 radical (unpaired) electrons. The Balaban J connectivity index is 1.96. The van der Waals surface area contributed by atoms with Gasteiger partial charge in [0.1, 0.15) is 12.1 Å². The highest BCUT2D eigenvalue weighted by atomic mass is 16.4. The van der Waals surface area contributed by atoms with Gasteiger partial charge in [-0.2, -0.15) is 0 Å². The molecule has 0 amide bonds. The summed E-state index contributed by atoms with van der Waals surface area (Å²) in [6.45, 7) is 2.16. The number of nitrogens with zero attached hydrogens (tertiary/aromatic N) is 6. The highest BCUT2D eigenvalue weighted by Crippen LogP contribution is 2.21. The number of pyridine rings is 1. The first-order valence-electron chi connectivity index (χ1n) is 5.84. The summed E-state index contributed by atoms with van der Waals surface area (Å²) in [5, 5.41) is 19.8. The predicted octanol–water partition coefficient (Wildman–Crippen LogP) is -0.212. The van der Waals surface area contributed by atoms with Crippen LogP contribution < -0.4 is 10.6 Å². The van der Waals surface area contributed by atoms with Crippen molar-refractivity contribution in [3.05, 3.63) is 36.0 Å². The van der Waals surface area contributed by atoms with Gasteiger partial charge in [0.05, 0.1) is 12.1 Å². The van der Waals surface area contributed by atoms with Crippen LogP contribution in [-0.4, -0.2) is 37.3 Å². The third kappa shape index (κ3) is 1.96. The van der Waals surface area contributed by atoms with E-state index in [4.69, 9.17) is 10.9 Å². The topological polar surface area (TPSA) is 105 Å². The van der Waals surface area contributed by atoms with Crippen molar-refractivity contribution in [3.8, 4) is 0 Å². The third-order valence-corrected chi connectivity index (χ3v) is 3.11. The van der Waals surface area contributed by atoms with Crippen LogP contribution in [0.2, 0.25) is 0 Å². The maximum atomic E-state index is 8.83. The van der Waals surface area contributed by atoms with Crippen LogP contribution in [0.4, 0.5) is 5.82 Å². The van der Waals surface area contributed by atoms with E-state index in [1.807, 2.05) is 9.47 Å². The van der Waals surface area contributed by atoms with Crippen LogP contribution in [0.5, 0.6) is 0 Å². The SMILES string of the molecule is NC(=NO)c1cccnc1N1CCn2cnnc2C1. The second kappa shape index (κ2) is 4.56. The van der Waals surface area contributed by atoms with Gasteiger partial charge in [0.25, 0.3) is 0 Å². The lowest BCUT2D eigenvalue weighted by atomic mass is 10.2. The smallest absolute Gasteiger partial charge is 0.173 e. The molecular formula is C11H13N7O. The number of oxime groups is 1. The minimum atomic E-state index is 0.0511. The molecule has 2 aromatic heterocycles. The number of hydrogen-bond acceptors (Lipinski definition) is 6. The van der Waals surface area contributed by atoms with Crippen molar-refractivity contribution >= 4 is 11.7 Å². The summed E-state index contributed by atoms with van der Waals surface area (Å²) < 4.78 is 2.00. The van der Waals surface area contributed by atoms with Crippen LogP contribution >= 0.6 is 0 Å². The summed E-state index contributed by atoms with van der Waals surface area (Å²) in [4.78, 5) is 6.36. The van der Waals surface area contributed by atoms with E-state index >= 15 is 0 Å². The first-order chi connectivity index (χ1) is 9.29. The molecule has 0 spiro atoms. The van der Waals surface area contributed by atoms with E-state index in [0.717, 1.165) is 18.9 Å². The minimum absolute atomic E-state index is 0.0511. The lowest BCUT2D eigenvalue weighted by Gasteiger charge is -2.29. The van der Waals surface area contributed by atoms with Gasteiger partial charge in [0.15, 0.2) is 11.7 Å². The predicted molar refractivity (Wildman–Crippen MR) is 67.8 cm³/mol. The fraction of sp³-hybridized carbons (Fsp3) is 0.273. The van der Waals surface area contributed by atoms with Crippen molar-refractivity contribution in [1.82, 2.24) is 19.7 Å². The van der Waals surface area contributed by atoms with Gasteiger partial charge in [-0.05, 0) is 12.1 Å². The number of rotatable bonds is 2. The van der Waals surface area contributed by atoms with Gasteiger partial charge in [-0.25, -0.2) is 4.98 Å². The van der Waals surface area contributed by atoms with E-state index in [9.17, 15) is 0 Å². The summed E-state index contributed by atoms with van der Waals surface area (Å²) in [7, 11) is 0. The van der Waals surface area contributed by atoms with Crippen molar-refractivity contribution in [2.24, 2.45) is 10.9 Å². The Hall–Kier alpha value is -2.64. The molecule has 3 N–H and O–H groups in total. The van der Waals surface area contributed by atoms with E-state index in [-0.39, 0.29) is 5.84 Å². The summed E-state index contributed by atoms with van der Waals surface area (Å²) in [6, 6.07) is 3.53. The number of aromatic nitrogens is 4. The maximum absolute atomic E-state index is 8.83. The van der Waals surface area contributed by atoms with E-state index in [2.05, 4.69) is 20.3 Å². The van der Waals surface area contributed by atoms with E-state index in [0.29, 0.717) is 17.9 Å². The number of hydrogen-bond donors (Lipinski definition) is 2. The molecule has 3 rings (SSSR count). The van der Waals surface area contributed by atoms with Crippen molar-refractivity contribution < 1.29 is 5.21 Å². The molecule has 8 heteroatoms. The maximum Gasteiger partial charge on any atom is 0.173 e. The molecule has 0 aromatic carbocycles. The molecule has 0 fully saturated rings. The minimum Gasteiger partial charge on any atom is -0.409 e. The summed E-state index contributed by atoms with van der Waals surface area (Å²) in [6.07, 6.45) is 3.40. The van der Waals surface area contributed by atoms with Crippen LogP contribution in [0.15, 0.2) is 29.8 Å². The summed E-state index contributed by atoms with van der Waals surface area (Å²) >= 11 is 0. The van der Waals surface area contributed by atoms with Crippen LogP contribution in [0.25, 0.3) is 0 Å². The van der Waals surface area contributed by atoms with Crippen LogP contribution in [0.1, 0.15) is 11.4 Å². The lowest BCUT2D eigenvalue weighted by Crippen LogP contribution is -2.35. The zero-order chi connectivity index (χ0) is 13.2. The average molecular weight is 259 g/mol. The van der Waals surface area contributed by atoms with Crippen molar-refractivity contribution in [3.63, 3.8) is 0 Å². The Morgan fingerprint density at radius 1 is 1.42 bits per heavy atom. The van der Waals surface area contributed by atoms with Gasteiger partial charge < -0.3 is 20.4 Å². The lowest BCUT2D eigenvalue weighted by molar-refractivity contribution is 0.318. The Morgan fingerprint density at radius 3 is 3.16 bits per heavy atom. The van der Waals surface area contributed by atoms with E-state index in [1.165, 1.54) is 0 Å². The number of nitrogens with two attached hydrogens (primary N) is 1. The standard InChI is InChI=1S/C11H13N7O/c12-10(16-19)8-2-1-3-13-11(8)17-4-5-18-7-14-15-9(18)6-17/h1-3,7,19H,4-6H2,(H2,12,16). The second-order valence-electron chi connectivity index (χ2n) is 4.22. The monoisotopic (exact) mass is 259 g/mol. The quantitative estimate of drug-likeness (QED) is 0.334. The zero-order valence-corrected chi connectivity index (χ0v) is 10.1. The molecule has 0 atom stereocenters. The highest BCUT2D eigenvalue weighted by Gasteiger charge is 2.21. The van der Waals surface area contributed by atoms with Gasteiger partial charge in [0.2, 0.25) is 0 Å². The molecule has 1 aliphatic heterocycles. The Morgan fingerprint density at radius 2 is 2.32 bits per heavy atom. The van der Waals surface area contributed by atoms with Crippen molar-refractivity contribution in [2.45, 2.75) is 13.1 Å². The van der Waals surface area contributed by atoms with Gasteiger partial charge in [0, 0.05) is 19.3 Å². The number of anilines is 1. The zero-order valence-electron chi connectivity index (χ0n) is 10.1. The number of fused-ring (bicyclic) bond motifs is 1. The van der Waals surface area contributed by atoms with Gasteiger partial charge in [-0.1, -0.05) is 5.16 Å².